The largest absolute Gasteiger partial charge is 0.455 e. The zero-order valence-corrected chi connectivity index (χ0v) is 56.6. The average Bonchev–Trinajstić information content (AvgIpc) is 1.59. The first kappa shape index (κ1) is 60.1. The molecule has 0 aliphatic carbocycles. The Balaban J connectivity index is 0.000000106. The molecule has 3 aromatic heterocycles. The Morgan fingerprint density at radius 1 is 0.157 bits per heavy atom. The van der Waals surface area contributed by atoms with E-state index in [4.69, 9.17) is 13.3 Å². The highest BCUT2D eigenvalue weighted by Crippen LogP contribution is 2.46. The van der Waals surface area contributed by atoms with Crippen LogP contribution in [0.2, 0.25) is 0 Å². The monoisotopic (exact) mass is 1300 g/mol. The topological polar surface area (TPSA) is 39.4 Å². The van der Waals surface area contributed by atoms with Crippen molar-refractivity contribution in [3.05, 3.63) is 362 Å². The number of hydrogen-bond acceptors (Lipinski definition) is 3. The second-order valence-corrected chi connectivity index (χ2v) is 27.1. The van der Waals surface area contributed by atoms with Crippen LogP contribution in [-0.2, 0) is 0 Å². The molecule has 21 aromatic rings. The predicted octanol–water partition coefficient (Wildman–Crippen LogP) is 28.6. The van der Waals surface area contributed by atoms with Gasteiger partial charge in [0, 0.05) is 49.0 Å². The fraction of sp³-hybridized carbons (Fsp3) is 0.0303. The van der Waals surface area contributed by atoms with Gasteiger partial charge in [-0.25, -0.2) is 0 Å². The fourth-order valence-electron chi connectivity index (χ4n) is 15.9. The summed E-state index contributed by atoms with van der Waals surface area (Å²) in [6.07, 6.45) is 0. The van der Waals surface area contributed by atoms with E-state index in [-0.39, 0.29) is 0 Å². The van der Waals surface area contributed by atoms with Crippen LogP contribution in [0.3, 0.4) is 0 Å². The summed E-state index contributed by atoms with van der Waals surface area (Å²) in [6.45, 7) is 6.37. The van der Waals surface area contributed by atoms with E-state index >= 15 is 0 Å². The molecule has 3 heterocycles. The van der Waals surface area contributed by atoms with E-state index in [1.165, 1.54) is 136 Å². The molecule has 0 atom stereocenters. The zero-order valence-electron chi connectivity index (χ0n) is 56.6. The van der Waals surface area contributed by atoms with Crippen molar-refractivity contribution < 1.29 is 13.3 Å². The molecule has 0 spiro atoms. The van der Waals surface area contributed by atoms with Crippen molar-refractivity contribution in [2.45, 2.75) is 20.8 Å². The Kier molecular flexibility index (Phi) is 14.6. The van der Waals surface area contributed by atoms with Gasteiger partial charge >= 0.3 is 0 Å². The van der Waals surface area contributed by atoms with E-state index in [1.807, 2.05) is 0 Å². The van der Waals surface area contributed by atoms with E-state index in [0.717, 1.165) is 78.0 Å². The SMILES string of the molecule is Cc1cc2ccccc2c2c1oc1c(-c3ccc(-c4cccc5ccccc45)cc3)cccc12.Cc1cccc2c1oc1c(-c3ccc(-c4ccc5ccccc5c4)cc3)cc3ccccc3c12.Cc1cccc2c1oc1c(-c3ccc(-c4cccc5ccccc45)cc3)cc3ccccc3c12. The standard InChI is InChI=1S/3C33H22O/c1-21-8-6-15-29-31-28-13-5-3-10-25(28)20-30(33(31)34-32(21)29)24-18-16-23(17-19-24)27-14-7-11-22-9-2-4-12-26(22)27;1-21-20-25-9-3-5-12-28(25)31-30-15-7-14-29(33(30)34-32(21)31)24-18-16-23(17-19-24)27-13-6-10-22-8-2-4-11-26(22)27;1-21-7-6-12-29-31-28-11-5-4-10-27(28)20-30(33(31)34-32(21)29)24-16-13-23(14-17-24)26-18-15-22-8-2-3-9-25(22)19-26/h3*2-20H,1H3. The summed E-state index contributed by atoms with van der Waals surface area (Å²) < 4.78 is 19.6. The first-order valence-electron chi connectivity index (χ1n) is 35.1. The van der Waals surface area contributed by atoms with Crippen LogP contribution in [0.15, 0.2) is 359 Å². The molecule has 0 aliphatic heterocycles. The third-order valence-corrected chi connectivity index (χ3v) is 20.9. The highest BCUT2D eigenvalue weighted by molar-refractivity contribution is 6.25. The normalized spacial score (nSPS) is 11.7. The molecule has 480 valence electrons. The van der Waals surface area contributed by atoms with Gasteiger partial charge in [0.05, 0.1) is 0 Å². The maximum atomic E-state index is 6.55. The number of para-hydroxylation sites is 3. The fourth-order valence-corrected chi connectivity index (χ4v) is 15.9. The van der Waals surface area contributed by atoms with Gasteiger partial charge in [0.15, 0.2) is 0 Å². The van der Waals surface area contributed by atoms with Crippen molar-refractivity contribution in [2.24, 2.45) is 0 Å². The first-order chi connectivity index (χ1) is 50.3. The molecule has 0 N–H and O–H groups in total. The Morgan fingerprint density at radius 3 is 0.961 bits per heavy atom. The summed E-state index contributed by atoms with van der Waals surface area (Å²) in [4.78, 5) is 0. The number of hydrogen-bond donors (Lipinski definition) is 0. The summed E-state index contributed by atoms with van der Waals surface area (Å²) in [6, 6.07) is 124. The molecule has 0 unspecified atom stereocenters. The summed E-state index contributed by atoms with van der Waals surface area (Å²) >= 11 is 0. The Bertz CT molecular complexity index is 6860. The second-order valence-electron chi connectivity index (χ2n) is 27.1. The minimum Gasteiger partial charge on any atom is -0.455 e. The molecular weight excluding hydrogens is 1240 g/mol. The minimum absolute atomic E-state index is 0.954. The van der Waals surface area contributed by atoms with Crippen molar-refractivity contribution in [3.8, 4) is 66.8 Å². The van der Waals surface area contributed by atoms with Crippen LogP contribution in [0.25, 0.3) is 197 Å². The lowest BCUT2D eigenvalue weighted by Crippen LogP contribution is -1.84. The molecule has 0 saturated heterocycles. The van der Waals surface area contributed by atoms with Gasteiger partial charge in [0.2, 0.25) is 0 Å². The molecule has 0 bridgehead atoms. The van der Waals surface area contributed by atoms with Crippen molar-refractivity contribution in [1.82, 2.24) is 0 Å². The van der Waals surface area contributed by atoms with Gasteiger partial charge in [-0.1, -0.05) is 322 Å². The molecule has 0 fully saturated rings. The van der Waals surface area contributed by atoms with Gasteiger partial charge in [0.1, 0.15) is 33.5 Å². The zero-order chi connectivity index (χ0) is 67.9. The van der Waals surface area contributed by atoms with Gasteiger partial charge in [-0.2, -0.15) is 0 Å². The van der Waals surface area contributed by atoms with Crippen LogP contribution < -0.4 is 0 Å². The van der Waals surface area contributed by atoms with Gasteiger partial charge in [-0.15, -0.1) is 0 Å². The highest BCUT2D eigenvalue weighted by atomic mass is 16.3. The maximum Gasteiger partial charge on any atom is 0.143 e. The quantitative estimate of drug-likeness (QED) is 0.167. The molecule has 102 heavy (non-hydrogen) atoms. The summed E-state index contributed by atoms with van der Waals surface area (Å²) in [5.74, 6) is 0. The Labute approximate surface area is 590 Å². The van der Waals surface area contributed by atoms with Crippen molar-refractivity contribution >= 4 is 130 Å². The molecule has 18 aromatic carbocycles. The molecule has 0 aliphatic rings. The molecule has 3 nitrogen and oxygen atoms in total. The van der Waals surface area contributed by atoms with E-state index in [1.54, 1.807) is 0 Å². The van der Waals surface area contributed by atoms with E-state index in [0.29, 0.717) is 0 Å². The summed E-state index contributed by atoms with van der Waals surface area (Å²) in [5, 5.41) is 22.2. The van der Waals surface area contributed by atoms with Gasteiger partial charge < -0.3 is 13.3 Å². The van der Waals surface area contributed by atoms with Crippen LogP contribution in [0.4, 0.5) is 0 Å². The van der Waals surface area contributed by atoms with Crippen LogP contribution in [-0.4, -0.2) is 0 Å². The van der Waals surface area contributed by atoms with Crippen molar-refractivity contribution in [1.29, 1.82) is 0 Å². The number of fused-ring (bicyclic) bond motifs is 18. The number of aryl methyl sites for hydroxylation is 3. The van der Waals surface area contributed by atoms with Crippen molar-refractivity contribution in [2.75, 3.05) is 0 Å². The van der Waals surface area contributed by atoms with Crippen LogP contribution in [0, 0.1) is 20.8 Å². The number of furan rings is 3. The van der Waals surface area contributed by atoms with Crippen molar-refractivity contribution in [3.63, 3.8) is 0 Å². The lowest BCUT2D eigenvalue weighted by molar-refractivity contribution is 0.667. The number of rotatable bonds is 6. The van der Waals surface area contributed by atoms with Gasteiger partial charge in [-0.3, -0.25) is 0 Å². The average molecular weight is 1300 g/mol. The third-order valence-electron chi connectivity index (χ3n) is 20.9. The molecule has 0 saturated carbocycles. The molecule has 21 rings (SSSR count). The van der Waals surface area contributed by atoms with E-state index in [2.05, 4.69) is 367 Å². The molecule has 0 radical (unpaired) electrons. The van der Waals surface area contributed by atoms with Crippen LogP contribution >= 0.6 is 0 Å². The summed E-state index contributed by atoms with van der Waals surface area (Å²) in [5.41, 5.74) is 23.6. The lowest BCUT2D eigenvalue weighted by atomic mass is 9.94. The number of benzene rings is 18. The van der Waals surface area contributed by atoms with Gasteiger partial charge in [-0.05, 0) is 176 Å². The second kappa shape index (κ2) is 24.7. The van der Waals surface area contributed by atoms with Crippen LogP contribution in [0.1, 0.15) is 16.7 Å². The third kappa shape index (κ3) is 10.3. The Hall–Kier alpha value is -13.1. The van der Waals surface area contributed by atoms with E-state index < -0.39 is 0 Å². The lowest BCUT2D eigenvalue weighted by Gasteiger charge is -2.10. The van der Waals surface area contributed by atoms with Gasteiger partial charge in [0.25, 0.3) is 0 Å². The van der Waals surface area contributed by atoms with E-state index in [9.17, 15) is 0 Å². The summed E-state index contributed by atoms with van der Waals surface area (Å²) in [7, 11) is 0. The first-order valence-corrected chi connectivity index (χ1v) is 35.1. The van der Waals surface area contributed by atoms with Crippen LogP contribution in [0.5, 0.6) is 0 Å². The Morgan fingerprint density at radius 2 is 0.471 bits per heavy atom. The molecule has 3 heteroatoms. The highest BCUT2D eigenvalue weighted by Gasteiger charge is 2.21. The maximum absolute atomic E-state index is 6.55. The minimum atomic E-state index is 0.954. The molecule has 0 amide bonds. The molecular formula is C99H66O3. The predicted molar refractivity (Wildman–Crippen MR) is 433 cm³/mol. The smallest absolute Gasteiger partial charge is 0.143 e.